The molecule has 2 saturated heterocycles. The first-order chi connectivity index (χ1) is 18.3. The van der Waals surface area contributed by atoms with Gasteiger partial charge in [-0.2, -0.15) is 4.98 Å². The van der Waals surface area contributed by atoms with Gasteiger partial charge in [-0.15, -0.1) is 10.2 Å². The zero-order valence-corrected chi connectivity index (χ0v) is 21.4. The number of fused-ring (bicyclic) bond motifs is 3. The molecule has 9 nitrogen and oxygen atoms in total. The first kappa shape index (κ1) is 22.8. The predicted molar refractivity (Wildman–Crippen MR) is 146 cm³/mol. The normalized spacial score (nSPS) is 20.3. The van der Waals surface area contributed by atoms with Gasteiger partial charge in [-0.1, -0.05) is 19.3 Å². The van der Waals surface area contributed by atoms with Crippen molar-refractivity contribution >= 4 is 39.5 Å². The maximum absolute atomic E-state index is 4.95. The van der Waals surface area contributed by atoms with Gasteiger partial charge in [-0.05, 0) is 69.8 Å². The molecule has 37 heavy (non-hydrogen) atoms. The van der Waals surface area contributed by atoms with Crippen LogP contribution in [0.4, 0.5) is 17.6 Å². The molecule has 3 aliphatic rings. The van der Waals surface area contributed by atoms with Gasteiger partial charge in [0.2, 0.25) is 5.95 Å². The molecular weight excluding hydrogens is 462 g/mol. The van der Waals surface area contributed by atoms with E-state index in [1.165, 1.54) is 70.9 Å². The minimum atomic E-state index is 0.463. The molecule has 1 N–H and O–H groups in total. The van der Waals surface area contributed by atoms with Crippen LogP contribution in [-0.2, 0) is 0 Å². The van der Waals surface area contributed by atoms with Crippen LogP contribution in [0.3, 0.4) is 0 Å². The third-order valence-electron chi connectivity index (χ3n) is 8.62. The van der Waals surface area contributed by atoms with E-state index in [2.05, 4.69) is 52.0 Å². The van der Waals surface area contributed by atoms with Gasteiger partial charge in [-0.3, -0.25) is 4.98 Å². The fourth-order valence-electron chi connectivity index (χ4n) is 6.68. The van der Waals surface area contributed by atoms with E-state index in [-0.39, 0.29) is 0 Å². The molecule has 0 atom stereocenters. The van der Waals surface area contributed by atoms with Crippen LogP contribution in [0, 0.1) is 0 Å². The van der Waals surface area contributed by atoms with Crippen LogP contribution in [0.2, 0.25) is 0 Å². The number of nitrogens with one attached hydrogen (secondary N) is 1. The minimum Gasteiger partial charge on any atom is -0.355 e. The SMILES string of the molecule is c1cc2c3cnc(Nc4ccc(N5CCC(N6CCCCC6)CC5)nn4)nc3n(C3CCCC3)c2cn1. The number of hydrogen-bond acceptors (Lipinski definition) is 8. The average Bonchev–Trinajstić information content (AvgIpc) is 3.60. The molecule has 0 amide bonds. The molecule has 0 spiro atoms. The van der Waals surface area contributed by atoms with Crippen LogP contribution in [0.5, 0.6) is 0 Å². The van der Waals surface area contributed by atoms with Crippen molar-refractivity contribution in [1.82, 2.24) is 34.6 Å². The highest BCUT2D eigenvalue weighted by atomic mass is 15.3. The maximum Gasteiger partial charge on any atom is 0.230 e. The summed E-state index contributed by atoms with van der Waals surface area (Å²) in [6.07, 6.45) is 17.2. The maximum atomic E-state index is 4.95. The number of pyridine rings is 1. The minimum absolute atomic E-state index is 0.463. The Morgan fingerprint density at radius 2 is 1.59 bits per heavy atom. The van der Waals surface area contributed by atoms with Crippen LogP contribution in [0.1, 0.15) is 63.8 Å². The summed E-state index contributed by atoms with van der Waals surface area (Å²) in [6, 6.07) is 7.32. The number of hydrogen-bond donors (Lipinski definition) is 1. The number of rotatable bonds is 5. The molecule has 9 heteroatoms. The summed E-state index contributed by atoms with van der Waals surface area (Å²) in [4.78, 5) is 19.0. The van der Waals surface area contributed by atoms with Gasteiger partial charge in [-0.25, -0.2) is 4.98 Å². The van der Waals surface area contributed by atoms with Gasteiger partial charge in [0.1, 0.15) is 5.65 Å². The second kappa shape index (κ2) is 9.85. The second-order valence-corrected chi connectivity index (χ2v) is 10.8. The van der Waals surface area contributed by atoms with Gasteiger partial charge < -0.3 is 19.7 Å². The van der Waals surface area contributed by atoms with E-state index in [4.69, 9.17) is 4.98 Å². The fraction of sp³-hybridized carbons (Fsp3) is 0.536. The Kier molecular flexibility index (Phi) is 6.08. The summed E-state index contributed by atoms with van der Waals surface area (Å²) in [5.41, 5.74) is 2.11. The van der Waals surface area contributed by atoms with Crippen molar-refractivity contribution in [2.45, 2.75) is 69.9 Å². The van der Waals surface area contributed by atoms with Gasteiger partial charge in [0.15, 0.2) is 11.6 Å². The van der Waals surface area contributed by atoms with Gasteiger partial charge >= 0.3 is 0 Å². The number of piperidine rings is 2. The lowest BCUT2D eigenvalue weighted by Gasteiger charge is -2.40. The summed E-state index contributed by atoms with van der Waals surface area (Å²) in [7, 11) is 0. The summed E-state index contributed by atoms with van der Waals surface area (Å²) in [5, 5.41) is 14.5. The average molecular weight is 498 g/mol. The number of likely N-dealkylation sites (tertiary alicyclic amines) is 1. The molecule has 2 aliphatic heterocycles. The largest absolute Gasteiger partial charge is 0.355 e. The zero-order chi connectivity index (χ0) is 24.6. The smallest absolute Gasteiger partial charge is 0.230 e. The zero-order valence-electron chi connectivity index (χ0n) is 21.4. The molecule has 0 radical (unpaired) electrons. The Morgan fingerprint density at radius 3 is 2.38 bits per heavy atom. The monoisotopic (exact) mass is 497 g/mol. The van der Waals surface area contributed by atoms with Crippen molar-refractivity contribution in [3.05, 3.63) is 36.8 Å². The van der Waals surface area contributed by atoms with Crippen molar-refractivity contribution in [2.75, 3.05) is 36.4 Å². The molecule has 0 unspecified atom stereocenters. The molecular formula is C28H35N9. The molecule has 6 heterocycles. The van der Waals surface area contributed by atoms with Crippen LogP contribution in [0.15, 0.2) is 36.8 Å². The standard InChI is InChI=1S/C28H35N9/c1-4-14-35(15-5-1)20-11-16-36(17-12-20)26-9-8-25(33-34-26)31-28-30-18-23-22-10-13-29-19-24(22)37(27(23)32-28)21-6-2-3-7-21/h8-10,13,18-21H,1-7,11-12,14-17H2,(H,30,31,32,33). The first-order valence-corrected chi connectivity index (χ1v) is 14.0. The number of nitrogens with zero attached hydrogens (tertiary/aromatic N) is 8. The van der Waals surface area contributed by atoms with Crippen LogP contribution in [-0.4, -0.2) is 66.8 Å². The highest BCUT2D eigenvalue weighted by molar-refractivity contribution is 6.06. The summed E-state index contributed by atoms with van der Waals surface area (Å²) >= 11 is 0. The summed E-state index contributed by atoms with van der Waals surface area (Å²) in [5.74, 6) is 2.16. The number of aromatic nitrogens is 6. The van der Waals surface area contributed by atoms with E-state index in [0.29, 0.717) is 17.8 Å². The Bertz CT molecular complexity index is 1360. The molecule has 3 fully saturated rings. The quantitative estimate of drug-likeness (QED) is 0.408. The lowest BCUT2D eigenvalue weighted by atomic mass is 10.00. The highest BCUT2D eigenvalue weighted by Crippen LogP contribution is 2.37. The lowest BCUT2D eigenvalue weighted by molar-refractivity contribution is 0.141. The molecule has 192 valence electrons. The predicted octanol–water partition coefficient (Wildman–Crippen LogP) is 5.08. The second-order valence-electron chi connectivity index (χ2n) is 10.8. The Morgan fingerprint density at radius 1 is 0.757 bits per heavy atom. The van der Waals surface area contributed by atoms with E-state index in [0.717, 1.165) is 46.9 Å². The Labute approximate surface area is 217 Å². The topological polar surface area (TPSA) is 87.9 Å². The molecule has 0 bridgehead atoms. The van der Waals surface area contributed by atoms with E-state index < -0.39 is 0 Å². The van der Waals surface area contributed by atoms with E-state index in [1.54, 1.807) is 0 Å². The third-order valence-corrected chi connectivity index (χ3v) is 8.62. The van der Waals surface area contributed by atoms with E-state index in [1.807, 2.05) is 24.7 Å². The molecule has 0 aromatic carbocycles. The molecule has 4 aromatic rings. The molecule has 7 rings (SSSR count). The van der Waals surface area contributed by atoms with E-state index >= 15 is 0 Å². The van der Waals surface area contributed by atoms with Crippen molar-refractivity contribution < 1.29 is 0 Å². The Hall–Kier alpha value is -3.33. The van der Waals surface area contributed by atoms with Gasteiger partial charge in [0, 0.05) is 48.3 Å². The lowest BCUT2D eigenvalue weighted by Crippen LogP contribution is -2.47. The molecule has 1 saturated carbocycles. The van der Waals surface area contributed by atoms with Crippen molar-refractivity contribution in [3.63, 3.8) is 0 Å². The van der Waals surface area contributed by atoms with E-state index in [9.17, 15) is 0 Å². The Balaban J connectivity index is 1.07. The van der Waals surface area contributed by atoms with Crippen LogP contribution < -0.4 is 10.2 Å². The fourth-order valence-corrected chi connectivity index (χ4v) is 6.68. The van der Waals surface area contributed by atoms with Crippen molar-refractivity contribution in [1.29, 1.82) is 0 Å². The molecule has 4 aromatic heterocycles. The van der Waals surface area contributed by atoms with Crippen LogP contribution in [0.25, 0.3) is 21.9 Å². The third kappa shape index (κ3) is 4.39. The van der Waals surface area contributed by atoms with Crippen molar-refractivity contribution in [3.8, 4) is 0 Å². The van der Waals surface area contributed by atoms with Gasteiger partial charge in [0.25, 0.3) is 0 Å². The van der Waals surface area contributed by atoms with Crippen molar-refractivity contribution in [2.24, 2.45) is 0 Å². The number of anilines is 3. The highest BCUT2D eigenvalue weighted by Gasteiger charge is 2.26. The molecule has 1 aliphatic carbocycles. The van der Waals surface area contributed by atoms with Crippen LogP contribution >= 0.6 is 0 Å². The first-order valence-electron chi connectivity index (χ1n) is 14.0. The summed E-state index contributed by atoms with van der Waals surface area (Å²) < 4.78 is 2.37. The summed E-state index contributed by atoms with van der Waals surface area (Å²) in [6.45, 7) is 4.64. The van der Waals surface area contributed by atoms with Gasteiger partial charge in [0.05, 0.1) is 11.7 Å².